The third-order valence-electron chi connectivity index (χ3n) is 2.65. The fraction of sp³-hybridized carbons (Fsp3) is 0.857. The normalized spacial score (nSPS) is 24.1. The highest BCUT2D eigenvalue weighted by atomic mass is 15.2. The van der Waals surface area contributed by atoms with Crippen molar-refractivity contribution >= 4 is 0 Å². The first-order valence-corrected chi connectivity index (χ1v) is 6.77. The quantitative estimate of drug-likeness (QED) is 0.586. The Labute approximate surface area is 96.6 Å². The first-order chi connectivity index (χ1) is 7.38. The van der Waals surface area contributed by atoms with Gasteiger partial charge in [0.1, 0.15) is 0 Å². The number of hydrogen-bond donors (Lipinski definition) is 0. The third-order valence-corrected chi connectivity index (χ3v) is 2.65. The molecule has 0 spiro atoms. The summed E-state index contributed by atoms with van der Waals surface area (Å²) in [5.41, 5.74) is 0. The van der Waals surface area contributed by atoms with Crippen LogP contribution in [0.4, 0.5) is 0 Å². The van der Waals surface area contributed by atoms with Crippen molar-refractivity contribution in [2.24, 2.45) is 0 Å². The lowest BCUT2D eigenvalue weighted by Crippen LogP contribution is -2.45. The second kappa shape index (κ2) is 10.2. The fourth-order valence-electron chi connectivity index (χ4n) is 1.82. The molecule has 1 saturated heterocycles. The second-order valence-electron chi connectivity index (χ2n) is 4.03. The van der Waals surface area contributed by atoms with Crippen molar-refractivity contribution in [3.05, 3.63) is 12.2 Å². The minimum Gasteiger partial charge on any atom is -0.300 e. The van der Waals surface area contributed by atoms with Crippen LogP contribution in [0, 0.1) is 0 Å². The summed E-state index contributed by atoms with van der Waals surface area (Å²) in [6.07, 6.45) is 11.3. The van der Waals surface area contributed by atoms with E-state index in [1.165, 1.54) is 45.2 Å². The smallest absolute Gasteiger partial charge is 0.0133 e. The number of nitrogens with zero attached hydrogens (tertiary/aromatic N) is 1. The fourth-order valence-corrected chi connectivity index (χ4v) is 1.82. The van der Waals surface area contributed by atoms with Crippen molar-refractivity contribution in [1.29, 1.82) is 0 Å². The molecule has 2 aliphatic rings. The molecular weight excluding hydrogens is 182 g/mol. The van der Waals surface area contributed by atoms with Gasteiger partial charge in [-0.05, 0) is 38.8 Å². The monoisotopic (exact) mass is 211 g/mol. The zero-order valence-corrected chi connectivity index (χ0v) is 11.1. The van der Waals surface area contributed by atoms with E-state index >= 15 is 0 Å². The van der Waals surface area contributed by atoms with Gasteiger partial charge < -0.3 is 0 Å². The predicted molar refractivity (Wildman–Crippen MR) is 70.3 cm³/mol. The van der Waals surface area contributed by atoms with E-state index < -0.39 is 0 Å². The van der Waals surface area contributed by atoms with E-state index in [1.807, 2.05) is 13.8 Å². The molecule has 15 heavy (non-hydrogen) atoms. The molecule has 1 atom stereocenters. The van der Waals surface area contributed by atoms with Crippen LogP contribution in [0.2, 0.25) is 0 Å². The molecule has 0 aromatic heterocycles. The number of likely N-dealkylation sites (tertiary alicyclic amines) is 1. The molecule has 1 aliphatic carbocycles. The van der Waals surface area contributed by atoms with E-state index in [0.29, 0.717) is 0 Å². The van der Waals surface area contributed by atoms with Gasteiger partial charge in [0.25, 0.3) is 0 Å². The Morgan fingerprint density at radius 3 is 2.07 bits per heavy atom. The Hall–Kier alpha value is -0.300. The summed E-state index contributed by atoms with van der Waals surface area (Å²) in [5, 5.41) is 0. The predicted octanol–water partition coefficient (Wildman–Crippen LogP) is 4.24. The molecule has 1 nitrogen and oxygen atoms in total. The maximum atomic E-state index is 2.61. The van der Waals surface area contributed by atoms with Crippen LogP contribution < -0.4 is 0 Å². The maximum Gasteiger partial charge on any atom is 0.0133 e. The standard InChI is InChI=1S/C9H15N.C3H8.C2H6/c1-2-5-9(6-3-1)10-7-4-8-10;1-3-2;1-2/h1-2,9H,3-8H2;3H2,1-2H3;1-2H3. The van der Waals surface area contributed by atoms with Gasteiger partial charge in [0.05, 0.1) is 0 Å². The van der Waals surface area contributed by atoms with E-state index in [4.69, 9.17) is 0 Å². The topological polar surface area (TPSA) is 3.24 Å². The van der Waals surface area contributed by atoms with Gasteiger partial charge in [-0.25, -0.2) is 0 Å². The van der Waals surface area contributed by atoms with Crippen LogP contribution in [-0.4, -0.2) is 24.0 Å². The van der Waals surface area contributed by atoms with Gasteiger partial charge in [-0.3, -0.25) is 4.90 Å². The van der Waals surface area contributed by atoms with E-state index in [-0.39, 0.29) is 0 Å². The summed E-state index contributed by atoms with van der Waals surface area (Å²) >= 11 is 0. The first-order valence-electron chi connectivity index (χ1n) is 6.77. The molecule has 90 valence electrons. The van der Waals surface area contributed by atoms with Gasteiger partial charge in [-0.15, -0.1) is 0 Å². The molecular formula is C14H29N. The summed E-state index contributed by atoms with van der Waals surface area (Å²) in [6.45, 7) is 11.0. The Morgan fingerprint density at radius 2 is 1.73 bits per heavy atom. The van der Waals surface area contributed by atoms with Crippen molar-refractivity contribution < 1.29 is 0 Å². The summed E-state index contributed by atoms with van der Waals surface area (Å²) in [5.74, 6) is 0. The van der Waals surface area contributed by atoms with E-state index in [0.717, 1.165) is 6.04 Å². The van der Waals surface area contributed by atoms with Crippen LogP contribution in [0.1, 0.15) is 59.8 Å². The van der Waals surface area contributed by atoms with Gasteiger partial charge in [0.2, 0.25) is 0 Å². The molecule has 0 amide bonds. The van der Waals surface area contributed by atoms with E-state index in [9.17, 15) is 0 Å². The summed E-state index contributed by atoms with van der Waals surface area (Å²) in [4.78, 5) is 2.61. The van der Waals surface area contributed by atoms with Gasteiger partial charge in [-0.2, -0.15) is 0 Å². The molecule has 0 bridgehead atoms. The molecule has 2 rings (SSSR count). The minimum absolute atomic E-state index is 0.902. The van der Waals surface area contributed by atoms with Gasteiger partial charge in [0.15, 0.2) is 0 Å². The van der Waals surface area contributed by atoms with Crippen LogP contribution >= 0.6 is 0 Å². The first kappa shape index (κ1) is 14.7. The summed E-state index contributed by atoms with van der Waals surface area (Å²) < 4.78 is 0. The van der Waals surface area contributed by atoms with E-state index in [1.54, 1.807) is 0 Å². The van der Waals surface area contributed by atoms with Crippen molar-refractivity contribution in [2.45, 2.75) is 65.8 Å². The lowest BCUT2D eigenvalue weighted by molar-refractivity contribution is 0.111. The largest absolute Gasteiger partial charge is 0.300 e. The molecule has 0 aromatic carbocycles. The van der Waals surface area contributed by atoms with E-state index in [2.05, 4.69) is 30.9 Å². The molecule has 1 heteroatoms. The molecule has 0 N–H and O–H groups in total. The Balaban J connectivity index is 0.000000342. The van der Waals surface area contributed by atoms with Crippen molar-refractivity contribution in [1.82, 2.24) is 4.90 Å². The molecule has 0 aromatic rings. The average molecular weight is 211 g/mol. The van der Waals surface area contributed by atoms with Crippen LogP contribution in [0.25, 0.3) is 0 Å². The molecule has 1 fully saturated rings. The highest BCUT2D eigenvalue weighted by Gasteiger charge is 2.23. The van der Waals surface area contributed by atoms with Crippen LogP contribution in [0.15, 0.2) is 12.2 Å². The number of hydrogen-bond acceptors (Lipinski definition) is 1. The highest BCUT2D eigenvalue weighted by molar-refractivity contribution is 4.95. The lowest BCUT2D eigenvalue weighted by atomic mass is 9.98. The summed E-state index contributed by atoms with van der Waals surface area (Å²) in [7, 11) is 0. The molecule has 0 saturated carbocycles. The number of rotatable bonds is 1. The third kappa shape index (κ3) is 5.99. The molecule has 1 aliphatic heterocycles. The van der Waals surface area contributed by atoms with Crippen molar-refractivity contribution in [2.75, 3.05) is 13.1 Å². The Morgan fingerprint density at radius 1 is 1.13 bits per heavy atom. The van der Waals surface area contributed by atoms with Crippen LogP contribution in [0.3, 0.4) is 0 Å². The van der Waals surface area contributed by atoms with Gasteiger partial charge >= 0.3 is 0 Å². The molecule has 1 heterocycles. The lowest BCUT2D eigenvalue weighted by Gasteiger charge is -2.39. The summed E-state index contributed by atoms with van der Waals surface area (Å²) in [6, 6.07) is 0.902. The van der Waals surface area contributed by atoms with Gasteiger partial charge in [0, 0.05) is 6.04 Å². The SMILES string of the molecule is C1=CCC(N2CCC2)CC1.CC.CCC. The average Bonchev–Trinajstić information content (AvgIpc) is 2.21. The van der Waals surface area contributed by atoms with Crippen LogP contribution in [-0.2, 0) is 0 Å². The van der Waals surface area contributed by atoms with Crippen molar-refractivity contribution in [3.8, 4) is 0 Å². The highest BCUT2D eigenvalue weighted by Crippen LogP contribution is 2.21. The van der Waals surface area contributed by atoms with Gasteiger partial charge in [-0.1, -0.05) is 46.3 Å². The zero-order valence-electron chi connectivity index (χ0n) is 11.1. The maximum absolute atomic E-state index is 2.61. The van der Waals surface area contributed by atoms with Crippen LogP contribution in [0.5, 0.6) is 0 Å². The Bertz CT molecular complexity index is 147. The Kier molecular flexibility index (Phi) is 10.0. The molecule has 0 radical (unpaired) electrons. The van der Waals surface area contributed by atoms with Crippen molar-refractivity contribution in [3.63, 3.8) is 0 Å². The molecule has 1 unspecified atom stereocenters. The minimum atomic E-state index is 0.902. The second-order valence-corrected chi connectivity index (χ2v) is 4.03. The zero-order chi connectivity index (χ0) is 11.5. The number of allylic oxidation sites excluding steroid dienone is 1.